The fraction of sp³-hybridized carbons (Fsp3) is 0.417. The molecule has 186 valence electrons. The molecule has 36 heavy (non-hydrogen) atoms. The summed E-state index contributed by atoms with van der Waals surface area (Å²) < 4.78 is 12.7. The zero-order chi connectivity index (χ0) is 25.9. The maximum absolute atomic E-state index is 12.3. The number of fused-ring (bicyclic) bond motifs is 1. The van der Waals surface area contributed by atoms with Crippen LogP contribution in [0.15, 0.2) is 41.9 Å². The van der Waals surface area contributed by atoms with Crippen LogP contribution in [0.3, 0.4) is 0 Å². The Hall–Kier alpha value is -4.49. The van der Waals surface area contributed by atoms with Gasteiger partial charge in [-0.05, 0) is 51.4 Å². The van der Waals surface area contributed by atoms with Gasteiger partial charge in [-0.2, -0.15) is 10.4 Å². The van der Waals surface area contributed by atoms with Crippen molar-refractivity contribution in [1.82, 2.24) is 19.9 Å². The van der Waals surface area contributed by atoms with Gasteiger partial charge >= 0.3 is 6.09 Å². The first-order valence-electron chi connectivity index (χ1n) is 11.5. The van der Waals surface area contributed by atoms with Gasteiger partial charge in [0.25, 0.3) is 0 Å². The van der Waals surface area contributed by atoms with Crippen molar-refractivity contribution in [2.75, 3.05) is 24.6 Å². The molecule has 1 fully saturated rings. The second-order valence-corrected chi connectivity index (χ2v) is 9.32. The number of carbonyl (C=O) groups is 1. The van der Waals surface area contributed by atoms with Crippen molar-refractivity contribution in [3.63, 3.8) is 0 Å². The molecule has 0 radical (unpaired) electrons. The number of nitrogens with one attached hydrogen (secondary N) is 1. The number of azide groups is 1. The first-order valence-corrected chi connectivity index (χ1v) is 11.5. The standard InChI is InChI=1S/C24H27N9O3/c1-5-35-17-8-18(22-16(9-25)11-28-33(22)12-17)15-6-7-21(27-10-15)32-13-19(20(14-32)30-31-26)29-23(34)36-24(2,3)4/h6-8,10-12,19-20H,5,13-14H2,1-4H3,(H,29,34)/t19-,20-/m0/s1. The molecular formula is C24H27N9O3. The minimum atomic E-state index is -0.639. The normalized spacial score (nSPS) is 17.4. The van der Waals surface area contributed by atoms with Gasteiger partial charge in [0.05, 0.1) is 42.2 Å². The molecule has 1 amide bonds. The van der Waals surface area contributed by atoms with E-state index in [1.807, 2.05) is 30.0 Å². The lowest BCUT2D eigenvalue weighted by Crippen LogP contribution is -2.44. The van der Waals surface area contributed by atoms with Crippen LogP contribution in [0.25, 0.3) is 27.1 Å². The SMILES string of the molecule is CCOc1cc(-c2ccc(N3C[C@H](N=[N+]=[N-])[C@@H](NC(=O)OC(C)(C)C)C3)nc2)c2c(C#N)cnn2c1. The molecule has 12 nitrogen and oxygen atoms in total. The predicted molar refractivity (Wildman–Crippen MR) is 133 cm³/mol. The topological polar surface area (TPSA) is 154 Å². The van der Waals surface area contributed by atoms with E-state index in [9.17, 15) is 10.1 Å². The lowest BCUT2D eigenvalue weighted by atomic mass is 10.1. The molecule has 1 aliphatic rings. The van der Waals surface area contributed by atoms with E-state index in [0.29, 0.717) is 42.3 Å². The maximum atomic E-state index is 12.3. The molecule has 3 aromatic heterocycles. The van der Waals surface area contributed by atoms with Gasteiger partial charge in [-0.25, -0.2) is 14.3 Å². The van der Waals surface area contributed by atoms with E-state index in [2.05, 4.69) is 31.5 Å². The number of nitriles is 1. The number of pyridine rings is 2. The number of ether oxygens (including phenoxy) is 2. The van der Waals surface area contributed by atoms with Crippen molar-refractivity contribution < 1.29 is 14.3 Å². The van der Waals surface area contributed by atoms with Crippen LogP contribution >= 0.6 is 0 Å². The van der Waals surface area contributed by atoms with E-state index in [4.69, 9.17) is 15.0 Å². The van der Waals surface area contributed by atoms with E-state index < -0.39 is 23.8 Å². The Balaban J connectivity index is 1.59. The lowest BCUT2D eigenvalue weighted by Gasteiger charge is -2.23. The van der Waals surface area contributed by atoms with Crippen LogP contribution in [-0.2, 0) is 4.74 Å². The number of aromatic nitrogens is 3. The number of anilines is 1. The monoisotopic (exact) mass is 489 g/mol. The summed E-state index contributed by atoms with van der Waals surface area (Å²) in [6, 6.07) is 6.90. The number of carbonyl (C=O) groups excluding carboxylic acids is 1. The van der Waals surface area contributed by atoms with E-state index in [1.165, 1.54) is 6.20 Å². The third-order valence-electron chi connectivity index (χ3n) is 5.59. The second-order valence-electron chi connectivity index (χ2n) is 9.32. The number of hydrogen-bond donors (Lipinski definition) is 1. The molecule has 2 atom stereocenters. The van der Waals surface area contributed by atoms with Crippen LogP contribution in [0.2, 0.25) is 0 Å². The molecule has 0 bridgehead atoms. The Morgan fingerprint density at radius 2 is 2.17 bits per heavy atom. The van der Waals surface area contributed by atoms with Crippen molar-refractivity contribution in [1.29, 1.82) is 5.26 Å². The van der Waals surface area contributed by atoms with Crippen molar-refractivity contribution >= 4 is 17.4 Å². The molecule has 1 aliphatic heterocycles. The summed E-state index contributed by atoms with van der Waals surface area (Å²) in [5.74, 6) is 1.29. The average molecular weight is 490 g/mol. The minimum absolute atomic E-state index is 0.391. The second kappa shape index (κ2) is 10.0. The van der Waals surface area contributed by atoms with Crippen molar-refractivity contribution in [2.24, 2.45) is 5.11 Å². The van der Waals surface area contributed by atoms with Crippen LogP contribution < -0.4 is 15.0 Å². The van der Waals surface area contributed by atoms with Gasteiger partial charge in [-0.3, -0.25) is 0 Å². The van der Waals surface area contributed by atoms with Crippen LogP contribution in [0, 0.1) is 11.3 Å². The third kappa shape index (κ3) is 5.26. The lowest BCUT2D eigenvalue weighted by molar-refractivity contribution is 0.0505. The molecule has 0 aromatic carbocycles. The van der Waals surface area contributed by atoms with Crippen LogP contribution in [0.4, 0.5) is 10.6 Å². The smallest absolute Gasteiger partial charge is 0.407 e. The highest BCUT2D eigenvalue weighted by Crippen LogP contribution is 2.32. The largest absolute Gasteiger partial charge is 0.492 e. The van der Waals surface area contributed by atoms with E-state index in [0.717, 1.165) is 11.1 Å². The summed E-state index contributed by atoms with van der Waals surface area (Å²) in [7, 11) is 0. The van der Waals surface area contributed by atoms with Crippen LogP contribution in [0.5, 0.6) is 5.75 Å². The number of rotatable bonds is 6. The fourth-order valence-corrected chi connectivity index (χ4v) is 4.13. The van der Waals surface area contributed by atoms with Crippen molar-refractivity contribution in [3.8, 4) is 22.9 Å². The zero-order valence-corrected chi connectivity index (χ0v) is 20.5. The Labute approximate surface area is 208 Å². The molecular weight excluding hydrogens is 462 g/mol. The van der Waals surface area contributed by atoms with E-state index >= 15 is 0 Å². The predicted octanol–water partition coefficient (Wildman–Crippen LogP) is 4.06. The van der Waals surface area contributed by atoms with Gasteiger partial charge in [0.2, 0.25) is 0 Å². The molecule has 0 unspecified atom stereocenters. The quantitative estimate of drug-likeness (QED) is 0.311. The first-order chi connectivity index (χ1) is 17.2. The van der Waals surface area contributed by atoms with Crippen molar-refractivity contribution in [3.05, 3.63) is 52.8 Å². The summed E-state index contributed by atoms with van der Waals surface area (Å²) in [5, 5.41) is 20.5. The zero-order valence-electron chi connectivity index (χ0n) is 20.5. The van der Waals surface area contributed by atoms with Gasteiger partial charge in [0, 0.05) is 35.3 Å². The molecule has 0 aliphatic carbocycles. The van der Waals surface area contributed by atoms with Gasteiger partial charge < -0.3 is 19.7 Å². The Morgan fingerprint density at radius 3 is 2.81 bits per heavy atom. The van der Waals surface area contributed by atoms with Gasteiger partial charge in [-0.15, -0.1) is 0 Å². The minimum Gasteiger partial charge on any atom is -0.492 e. The maximum Gasteiger partial charge on any atom is 0.407 e. The number of alkyl carbamates (subject to hydrolysis) is 1. The average Bonchev–Trinajstić information content (AvgIpc) is 3.42. The Morgan fingerprint density at radius 1 is 1.36 bits per heavy atom. The van der Waals surface area contributed by atoms with Crippen LogP contribution in [-0.4, -0.2) is 58.1 Å². The van der Waals surface area contributed by atoms with Crippen molar-refractivity contribution in [2.45, 2.75) is 45.4 Å². The fourth-order valence-electron chi connectivity index (χ4n) is 4.13. The number of amides is 1. The molecule has 4 heterocycles. The third-order valence-corrected chi connectivity index (χ3v) is 5.59. The Bertz CT molecular complexity index is 1350. The summed E-state index contributed by atoms with van der Waals surface area (Å²) in [6.07, 6.45) is 4.41. The highest BCUT2D eigenvalue weighted by atomic mass is 16.6. The number of hydrogen-bond acceptors (Lipinski definition) is 8. The van der Waals surface area contributed by atoms with Crippen LogP contribution in [0.1, 0.15) is 33.3 Å². The van der Waals surface area contributed by atoms with E-state index in [1.54, 1.807) is 37.7 Å². The summed E-state index contributed by atoms with van der Waals surface area (Å²) in [5.41, 5.74) is 11.0. The molecule has 1 N–H and O–H groups in total. The van der Waals surface area contributed by atoms with E-state index in [-0.39, 0.29) is 0 Å². The van der Waals surface area contributed by atoms with Gasteiger partial charge in [0.15, 0.2) is 0 Å². The van der Waals surface area contributed by atoms with Gasteiger partial charge in [-0.1, -0.05) is 5.11 Å². The summed E-state index contributed by atoms with van der Waals surface area (Å²) in [6.45, 7) is 8.54. The Kier molecular flexibility index (Phi) is 6.85. The van der Waals surface area contributed by atoms with Gasteiger partial charge in [0.1, 0.15) is 23.2 Å². The highest BCUT2D eigenvalue weighted by Gasteiger charge is 2.35. The molecule has 0 spiro atoms. The molecule has 3 aromatic rings. The summed E-state index contributed by atoms with van der Waals surface area (Å²) >= 11 is 0. The molecule has 12 heteroatoms. The molecule has 1 saturated heterocycles. The highest BCUT2D eigenvalue weighted by molar-refractivity contribution is 5.85. The summed E-state index contributed by atoms with van der Waals surface area (Å²) in [4.78, 5) is 21.8. The first kappa shape index (κ1) is 24.6. The molecule has 0 saturated carbocycles. The molecule has 4 rings (SSSR count). The number of nitrogens with zero attached hydrogens (tertiary/aromatic N) is 8.